The summed E-state index contributed by atoms with van der Waals surface area (Å²) in [7, 11) is 0. The molecular weight excluding hydrogens is 284 g/mol. The number of piperidine rings is 1. The molecule has 0 aromatic heterocycles. The minimum Gasteiger partial charge on any atom is -0.295 e. The third-order valence-electron chi connectivity index (χ3n) is 3.61. The SMILES string of the molecule is C.C=C/C(C)=C\C1=C(C)C(=O)N(C2CCC(=O)NC2=O)C1=O. The lowest BCUT2D eigenvalue weighted by Crippen LogP contribution is -2.54. The van der Waals surface area contributed by atoms with E-state index in [0.717, 1.165) is 10.5 Å². The van der Waals surface area contributed by atoms with E-state index in [1.807, 2.05) is 0 Å². The number of rotatable bonds is 3. The van der Waals surface area contributed by atoms with Crippen LogP contribution in [-0.4, -0.2) is 34.6 Å². The largest absolute Gasteiger partial charge is 0.295 e. The molecule has 6 nitrogen and oxygen atoms in total. The fourth-order valence-electron chi connectivity index (χ4n) is 2.35. The van der Waals surface area contributed by atoms with Crippen LogP contribution in [0, 0.1) is 0 Å². The van der Waals surface area contributed by atoms with Gasteiger partial charge in [-0.1, -0.05) is 25.7 Å². The van der Waals surface area contributed by atoms with Crippen LogP contribution in [0.5, 0.6) is 0 Å². The molecule has 6 heteroatoms. The van der Waals surface area contributed by atoms with Gasteiger partial charge in [-0.05, 0) is 26.3 Å². The van der Waals surface area contributed by atoms with Gasteiger partial charge in [-0.3, -0.25) is 29.4 Å². The molecule has 0 bridgehead atoms. The second kappa shape index (κ2) is 6.51. The van der Waals surface area contributed by atoms with Gasteiger partial charge in [-0.25, -0.2) is 0 Å². The molecule has 2 rings (SSSR count). The lowest BCUT2D eigenvalue weighted by atomic mass is 10.0. The number of carbonyl (C=O) groups is 4. The summed E-state index contributed by atoms with van der Waals surface area (Å²) >= 11 is 0. The molecule has 22 heavy (non-hydrogen) atoms. The van der Waals surface area contributed by atoms with Gasteiger partial charge >= 0.3 is 0 Å². The van der Waals surface area contributed by atoms with E-state index in [-0.39, 0.29) is 31.7 Å². The van der Waals surface area contributed by atoms with E-state index in [2.05, 4.69) is 11.9 Å². The summed E-state index contributed by atoms with van der Waals surface area (Å²) in [6.45, 7) is 6.91. The van der Waals surface area contributed by atoms with Gasteiger partial charge in [0.15, 0.2) is 0 Å². The Kier molecular flexibility index (Phi) is 5.19. The van der Waals surface area contributed by atoms with Crippen LogP contribution in [0.2, 0.25) is 0 Å². The molecule has 1 saturated heterocycles. The predicted molar refractivity (Wildman–Crippen MR) is 81.4 cm³/mol. The lowest BCUT2D eigenvalue weighted by molar-refractivity contribution is -0.150. The van der Waals surface area contributed by atoms with Crippen LogP contribution in [-0.2, 0) is 19.2 Å². The highest BCUT2D eigenvalue weighted by Gasteiger charge is 2.43. The van der Waals surface area contributed by atoms with Crippen molar-refractivity contribution in [3.63, 3.8) is 0 Å². The zero-order chi connectivity index (χ0) is 15.7. The molecule has 4 amide bonds. The molecule has 0 saturated carbocycles. The molecule has 2 heterocycles. The van der Waals surface area contributed by atoms with Crippen LogP contribution >= 0.6 is 0 Å². The van der Waals surface area contributed by atoms with Gasteiger partial charge < -0.3 is 0 Å². The molecule has 0 spiro atoms. The quantitative estimate of drug-likeness (QED) is 0.628. The maximum absolute atomic E-state index is 12.4. The molecule has 2 aliphatic heterocycles. The number of allylic oxidation sites excluding steroid dienone is 2. The number of hydrogen-bond acceptors (Lipinski definition) is 4. The van der Waals surface area contributed by atoms with Crippen molar-refractivity contribution in [2.75, 3.05) is 0 Å². The minimum atomic E-state index is -0.924. The molecule has 2 aliphatic rings. The van der Waals surface area contributed by atoms with E-state index in [4.69, 9.17) is 0 Å². The van der Waals surface area contributed by atoms with Crippen molar-refractivity contribution >= 4 is 23.6 Å². The summed E-state index contributed by atoms with van der Waals surface area (Å²) < 4.78 is 0. The highest BCUT2D eigenvalue weighted by atomic mass is 16.2. The lowest BCUT2D eigenvalue weighted by Gasteiger charge is -2.28. The summed E-state index contributed by atoms with van der Waals surface area (Å²) in [5.41, 5.74) is 1.31. The van der Waals surface area contributed by atoms with Crippen molar-refractivity contribution in [3.8, 4) is 0 Å². The molecule has 1 atom stereocenters. The molecule has 0 aromatic carbocycles. The Morgan fingerprint density at radius 3 is 2.45 bits per heavy atom. The number of amides is 4. The van der Waals surface area contributed by atoms with E-state index in [1.165, 1.54) is 0 Å². The van der Waals surface area contributed by atoms with Crippen LogP contribution in [0.25, 0.3) is 0 Å². The second-order valence-electron chi connectivity index (χ2n) is 5.08. The summed E-state index contributed by atoms with van der Waals surface area (Å²) in [4.78, 5) is 48.6. The molecule has 1 fully saturated rings. The number of nitrogens with zero attached hydrogens (tertiary/aromatic N) is 1. The van der Waals surface area contributed by atoms with Crippen LogP contribution in [0.4, 0.5) is 0 Å². The second-order valence-corrected chi connectivity index (χ2v) is 5.08. The van der Waals surface area contributed by atoms with Crippen molar-refractivity contribution in [2.45, 2.75) is 40.2 Å². The van der Waals surface area contributed by atoms with Crippen molar-refractivity contribution in [2.24, 2.45) is 0 Å². The van der Waals surface area contributed by atoms with Gasteiger partial charge in [-0.2, -0.15) is 0 Å². The van der Waals surface area contributed by atoms with E-state index in [1.54, 1.807) is 26.0 Å². The summed E-state index contributed by atoms with van der Waals surface area (Å²) in [6.07, 6.45) is 3.43. The first kappa shape index (κ1) is 17.6. The maximum atomic E-state index is 12.4. The first-order valence-corrected chi connectivity index (χ1v) is 6.60. The van der Waals surface area contributed by atoms with Crippen LogP contribution in [0.3, 0.4) is 0 Å². The Bertz CT molecular complexity index is 628. The Hall–Kier alpha value is -2.50. The smallest absolute Gasteiger partial charge is 0.261 e. The molecular formula is C16H20N2O4. The number of nitrogens with one attached hydrogen (secondary N) is 1. The summed E-state index contributed by atoms with van der Waals surface area (Å²) in [5, 5.41) is 2.15. The van der Waals surface area contributed by atoms with Gasteiger partial charge in [0.05, 0.1) is 0 Å². The topological polar surface area (TPSA) is 83.6 Å². The molecule has 0 radical (unpaired) electrons. The minimum absolute atomic E-state index is 0. The maximum Gasteiger partial charge on any atom is 0.261 e. The fourth-order valence-corrected chi connectivity index (χ4v) is 2.35. The Labute approximate surface area is 129 Å². The van der Waals surface area contributed by atoms with Crippen LogP contribution in [0.15, 0.2) is 35.5 Å². The van der Waals surface area contributed by atoms with Gasteiger partial charge in [0.25, 0.3) is 11.8 Å². The molecule has 118 valence electrons. The van der Waals surface area contributed by atoms with Crippen LogP contribution in [0.1, 0.15) is 34.1 Å². The van der Waals surface area contributed by atoms with Crippen molar-refractivity contribution in [3.05, 3.63) is 35.5 Å². The zero-order valence-corrected chi connectivity index (χ0v) is 11.9. The van der Waals surface area contributed by atoms with Crippen molar-refractivity contribution in [1.29, 1.82) is 0 Å². The van der Waals surface area contributed by atoms with E-state index < -0.39 is 23.8 Å². The first-order chi connectivity index (χ1) is 9.86. The average Bonchev–Trinajstić information content (AvgIpc) is 2.64. The monoisotopic (exact) mass is 304 g/mol. The van der Waals surface area contributed by atoms with E-state index >= 15 is 0 Å². The zero-order valence-electron chi connectivity index (χ0n) is 11.9. The third kappa shape index (κ3) is 2.90. The van der Waals surface area contributed by atoms with Gasteiger partial charge in [-0.15, -0.1) is 0 Å². The summed E-state index contributed by atoms with van der Waals surface area (Å²) in [6, 6.07) is -0.924. The molecule has 0 aromatic rings. The molecule has 1 unspecified atom stereocenters. The normalized spacial score (nSPS) is 22.7. The van der Waals surface area contributed by atoms with Crippen LogP contribution < -0.4 is 5.32 Å². The average molecular weight is 304 g/mol. The highest BCUT2D eigenvalue weighted by Crippen LogP contribution is 2.27. The van der Waals surface area contributed by atoms with E-state index in [9.17, 15) is 19.2 Å². The van der Waals surface area contributed by atoms with E-state index in [0.29, 0.717) is 5.57 Å². The van der Waals surface area contributed by atoms with Gasteiger partial charge in [0.1, 0.15) is 6.04 Å². The Morgan fingerprint density at radius 1 is 1.27 bits per heavy atom. The van der Waals surface area contributed by atoms with Gasteiger partial charge in [0.2, 0.25) is 11.8 Å². The van der Waals surface area contributed by atoms with Gasteiger partial charge in [0, 0.05) is 17.6 Å². The predicted octanol–water partition coefficient (Wildman–Crippen LogP) is 1.25. The highest BCUT2D eigenvalue weighted by molar-refractivity contribution is 6.22. The first-order valence-electron chi connectivity index (χ1n) is 6.60. The number of hydrogen-bond donors (Lipinski definition) is 1. The van der Waals surface area contributed by atoms with Crippen molar-refractivity contribution in [1.82, 2.24) is 10.2 Å². The number of imide groups is 2. The van der Waals surface area contributed by atoms with Crippen molar-refractivity contribution < 1.29 is 19.2 Å². The third-order valence-corrected chi connectivity index (χ3v) is 3.61. The standard InChI is InChI=1S/C15H16N2O4.CH4/c1-4-8(2)7-10-9(3)14(20)17(15(10)21)11-5-6-12(18)16-13(11)19;/h4,7,11H,1,5-6H2,2-3H3,(H,16,18,19);1H4/b8-7-;. The summed E-state index contributed by atoms with van der Waals surface area (Å²) in [5.74, 6) is -1.99. The number of carbonyl (C=O) groups excluding carboxylic acids is 4. The molecule has 1 N–H and O–H groups in total. The Balaban J connectivity index is 0.00000242. The molecule has 0 aliphatic carbocycles. The fraction of sp³-hybridized carbons (Fsp3) is 0.375. The Morgan fingerprint density at radius 2 is 1.91 bits per heavy atom.